The molecule has 1 rings (SSSR count). The Morgan fingerprint density at radius 1 is 1.53 bits per heavy atom. The number of carbonyl (C=O) groups is 3. The lowest BCUT2D eigenvalue weighted by molar-refractivity contribution is -0.148. The van der Waals surface area contributed by atoms with Crippen molar-refractivity contribution in [2.24, 2.45) is 0 Å². The van der Waals surface area contributed by atoms with Gasteiger partial charge in [0.25, 0.3) is 0 Å². The van der Waals surface area contributed by atoms with Crippen molar-refractivity contribution in [1.82, 2.24) is 4.90 Å². The molecule has 1 saturated heterocycles. The zero-order valence-corrected chi connectivity index (χ0v) is 8.73. The number of hydrogen-bond donors (Lipinski definition) is 1. The average Bonchev–Trinajstić information content (AvgIpc) is 2.57. The molecule has 0 bridgehead atoms. The number of nitrogens with zero attached hydrogens (tertiary/aromatic N) is 1. The highest BCUT2D eigenvalue weighted by Gasteiger charge is 2.38. The molecule has 15 heavy (non-hydrogen) atoms. The normalized spacial score (nSPS) is 20.7. The minimum atomic E-state index is -1.09. The summed E-state index contributed by atoms with van der Waals surface area (Å²) in [7, 11) is 0. The number of likely N-dealkylation sites (tertiary alicyclic amines) is 1. The molecule has 1 N–H and O–H groups in total. The van der Waals surface area contributed by atoms with E-state index >= 15 is 0 Å². The van der Waals surface area contributed by atoms with Crippen molar-refractivity contribution in [2.75, 3.05) is 6.54 Å². The maximum atomic E-state index is 11.6. The van der Waals surface area contributed by atoms with Crippen molar-refractivity contribution in [1.29, 1.82) is 0 Å². The number of Topliss-reactive ketones (excluding diaryl/α,β-unsaturated/α-hetero) is 1. The topological polar surface area (TPSA) is 74.7 Å². The van der Waals surface area contributed by atoms with Crippen molar-refractivity contribution in [3.8, 4) is 0 Å². The van der Waals surface area contributed by atoms with Crippen LogP contribution in [0, 0.1) is 0 Å². The second kappa shape index (κ2) is 4.91. The van der Waals surface area contributed by atoms with Gasteiger partial charge in [-0.2, -0.15) is 0 Å². The van der Waals surface area contributed by atoms with Crippen LogP contribution in [0.4, 0.5) is 0 Å². The molecule has 1 heterocycles. The predicted molar refractivity (Wildman–Crippen MR) is 52.3 cm³/mol. The van der Waals surface area contributed by atoms with Crippen molar-refractivity contribution in [2.45, 2.75) is 38.6 Å². The second-order valence-electron chi connectivity index (χ2n) is 3.72. The van der Waals surface area contributed by atoms with Gasteiger partial charge in [0.15, 0.2) is 5.78 Å². The largest absolute Gasteiger partial charge is 0.480 e. The first kappa shape index (κ1) is 11.7. The molecule has 1 aliphatic rings. The molecule has 0 aromatic rings. The molecule has 1 amide bonds. The number of ketones is 1. The summed E-state index contributed by atoms with van der Waals surface area (Å²) in [6.45, 7) is 1.91. The van der Waals surface area contributed by atoms with E-state index in [0.717, 1.165) is 12.8 Å². The summed E-state index contributed by atoms with van der Waals surface area (Å²) in [5.74, 6) is -1.49. The molecular formula is C10H15NO4. The fraction of sp³-hybridized carbons (Fsp3) is 0.700. The molecule has 5 heteroatoms. The predicted octanol–water partition coefficient (Wildman–Crippen LogP) is 0.431. The molecule has 5 nitrogen and oxygen atoms in total. The highest BCUT2D eigenvalue weighted by atomic mass is 16.4. The van der Waals surface area contributed by atoms with E-state index < -0.39 is 12.0 Å². The molecule has 0 aromatic heterocycles. The second-order valence-corrected chi connectivity index (χ2v) is 3.72. The van der Waals surface area contributed by atoms with Crippen LogP contribution in [0.1, 0.15) is 32.6 Å². The van der Waals surface area contributed by atoms with Crippen molar-refractivity contribution < 1.29 is 19.5 Å². The number of carbonyl (C=O) groups excluding carboxylic acids is 2. The van der Waals surface area contributed by atoms with Gasteiger partial charge in [-0.05, 0) is 6.42 Å². The summed E-state index contributed by atoms with van der Waals surface area (Å²) >= 11 is 0. The fourth-order valence-electron chi connectivity index (χ4n) is 1.64. The Hall–Kier alpha value is -1.39. The Kier molecular flexibility index (Phi) is 3.82. The van der Waals surface area contributed by atoms with Crippen molar-refractivity contribution in [3.05, 3.63) is 0 Å². The van der Waals surface area contributed by atoms with Crippen molar-refractivity contribution >= 4 is 17.7 Å². The number of aliphatic carboxylic acids is 1. The molecule has 0 spiro atoms. The van der Waals surface area contributed by atoms with Crippen LogP contribution in [-0.4, -0.2) is 40.3 Å². The summed E-state index contributed by atoms with van der Waals surface area (Å²) in [5, 5.41) is 8.83. The average molecular weight is 213 g/mol. The summed E-state index contributed by atoms with van der Waals surface area (Å²) in [6, 6.07) is -0.943. The molecule has 1 fully saturated rings. The molecule has 1 unspecified atom stereocenters. The van der Waals surface area contributed by atoms with Crippen LogP contribution in [0.25, 0.3) is 0 Å². The summed E-state index contributed by atoms with van der Waals surface area (Å²) in [5.41, 5.74) is 0. The van der Waals surface area contributed by atoms with Crippen LogP contribution in [0.15, 0.2) is 0 Å². The number of carboxylic acid groups (broad SMARTS) is 1. The third kappa shape index (κ3) is 2.78. The molecule has 1 atom stereocenters. The molecule has 1 aliphatic heterocycles. The Labute approximate surface area is 88.1 Å². The van der Waals surface area contributed by atoms with E-state index in [1.165, 1.54) is 4.90 Å². The third-order valence-corrected chi connectivity index (χ3v) is 2.49. The molecule has 84 valence electrons. The van der Waals surface area contributed by atoms with Crippen LogP contribution < -0.4 is 0 Å². The minimum absolute atomic E-state index is 0.0421. The minimum Gasteiger partial charge on any atom is -0.480 e. The highest BCUT2D eigenvalue weighted by molar-refractivity contribution is 5.96. The standard InChI is InChI=1S/C10H15NO4/c1-2-3-4-9(13)11-6-7(12)5-8(11)10(14)15/h8H,2-6H2,1H3,(H,14,15). The first-order chi connectivity index (χ1) is 7.06. The quantitative estimate of drug-likeness (QED) is 0.734. The van der Waals surface area contributed by atoms with Crippen molar-refractivity contribution in [3.63, 3.8) is 0 Å². The Morgan fingerprint density at radius 3 is 2.73 bits per heavy atom. The van der Waals surface area contributed by atoms with Gasteiger partial charge < -0.3 is 10.0 Å². The van der Waals surface area contributed by atoms with Gasteiger partial charge >= 0.3 is 5.97 Å². The number of unbranched alkanes of at least 4 members (excludes halogenated alkanes) is 1. The maximum Gasteiger partial charge on any atom is 0.326 e. The van der Waals surface area contributed by atoms with Gasteiger partial charge in [-0.3, -0.25) is 9.59 Å². The van der Waals surface area contributed by atoms with Crippen LogP contribution in [-0.2, 0) is 14.4 Å². The molecule has 0 aliphatic carbocycles. The van der Waals surface area contributed by atoms with Crippen LogP contribution in [0.5, 0.6) is 0 Å². The van der Waals surface area contributed by atoms with Gasteiger partial charge in [0, 0.05) is 12.8 Å². The van der Waals surface area contributed by atoms with Gasteiger partial charge in [0.2, 0.25) is 5.91 Å². The lowest BCUT2D eigenvalue weighted by Gasteiger charge is -2.20. The Morgan fingerprint density at radius 2 is 2.20 bits per heavy atom. The summed E-state index contributed by atoms with van der Waals surface area (Å²) in [4.78, 5) is 34.6. The fourth-order valence-corrected chi connectivity index (χ4v) is 1.64. The van der Waals surface area contributed by atoms with Crippen LogP contribution in [0.3, 0.4) is 0 Å². The van der Waals surface area contributed by atoms with E-state index in [1.807, 2.05) is 6.92 Å². The van der Waals surface area contributed by atoms with E-state index in [9.17, 15) is 14.4 Å². The van der Waals surface area contributed by atoms with E-state index in [2.05, 4.69) is 0 Å². The van der Waals surface area contributed by atoms with E-state index in [-0.39, 0.29) is 24.7 Å². The first-order valence-corrected chi connectivity index (χ1v) is 5.10. The lowest BCUT2D eigenvalue weighted by Crippen LogP contribution is -2.40. The molecular weight excluding hydrogens is 198 g/mol. The third-order valence-electron chi connectivity index (χ3n) is 2.49. The zero-order valence-electron chi connectivity index (χ0n) is 8.73. The van der Waals surface area contributed by atoms with Crippen LogP contribution >= 0.6 is 0 Å². The summed E-state index contributed by atoms with van der Waals surface area (Å²) < 4.78 is 0. The van der Waals surface area contributed by atoms with E-state index in [0.29, 0.717) is 6.42 Å². The zero-order chi connectivity index (χ0) is 11.4. The van der Waals surface area contributed by atoms with E-state index in [1.54, 1.807) is 0 Å². The van der Waals surface area contributed by atoms with Crippen LogP contribution in [0.2, 0.25) is 0 Å². The monoisotopic (exact) mass is 213 g/mol. The number of amides is 1. The Bertz CT molecular complexity index is 287. The molecule has 0 saturated carbocycles. The van der Waals surface area contributed by atoms with Gasteiger partial charge in [0.1, 0.15) is 6.04 Å². The van der Waals surface area contributed by atoms with Gasteiger partial charge in [-0.15, -0.1) is 0 Å². The molecule has 0 radical (unpaired) electrons. The van der Waals surface area contributed by atoms with Gasteiger partial charge in [-0.25, -0.2) is 4.79 Å². The van der Waals surface area contributed by atoms with Gasteiger partial charge in [0.05, 0.1) is 6.54 Å². The highest BCUT2D eigenvalue weighted by Crippen LogP contribution is 2.16. The lowest BCUT2D eigenvalue weighted by atomic mass is 10.2. The SMILES string of the molecule is CCCCC(=O)N1CC(=O)CC1C(=O)O. The number of rotatable bonds is 4. The Balaban J connectivity index is 2.62. The molecule has 0 aromatic carbocycles. The smallest absolute Gasteiger partial charge is 0.326 e. The summed E-state index contributed by atoms with van der Waals surface area (Å²) in [6.07, 6.45) is 1.89. The number of hydrogen-bond acceptors (Lipinski definition) is 3. The maximum absolute atomic E-state index is 11.6. The van der Waals surface area contributed by atoms with E-state index in [4.69, 9.17) is 5.11 Å². The number of carboxylic acids is 1. The van der Waals surface area contributed by atoms with Gasteiger partial charge in [-0.1, -0.05) is 13.3 Å². The first-order valence-electron chi connectivity index (χ1n) is 5.10.